The van der Waals surface area contributed by atoms with E-state index >= 15 is 4.39 Å². The highest BCUT2D eigenvalue weighted by atomic mass is 79.9. The number of nitrogens with zero attached hydrogens (tertiary/aromatic N) is 3. The fraction of sp³-hybridized carbons (Fsp3) is 0.500. The normalized spacial score (nSPS) is 18.1. The quantitative estimate of drug-likeness (QED) is 0.417. The number of H-pyrrole nitrogens is 1. The van der Waals surface area contributed by atoms with Crippen LogP contribution < -0.4 is 4.90 Å². The van der Waals surface area contributed by atoms with E-state index < -0.39 is 17.5 Å². The number of aromatic nitrogens is 1. The standard InChI is InChI=1S/C24H29BrClFN4O2/c1-6-28-21-17(16(12-25)31-10-9-24(13-31)7-8-24)18-19(26)14(27)11-15(20(18)29-21)30(5)22(32)33-23(2,3)4/h6,11-12,29H,7-10,13H2,1-5H3/b16-12-,28-6-. The lowest BCUT2D eigenvalue weighted by atomic mass is 10.1. The number of amides is 1. The van der Waals surface area contributed by atoms with Crippen molar-refractivity contribution in [3.05, 3.63) is 27.5 Å². The minimum Gasteiger partial charge on any atom is -0.443 e. The molecule has 0 radical (unpaired) electrons. The largest absolute Gasteiger partial charge is 0.443 e. The van der Waals surface area contributed by atoms with Gasteiger partial charge < -0.3 is 14.6 Å². The van der Waals surface area contributed by atoms with Gasteiger partial charge >= 0.3 is 6.09 Å². The summed E-state index contributed by atoms with van der Waals surface area (Å²) in [6, 6.07) is 1.25. The van der Waals surface area contributed by atoms with Gasteiger partial charge in [0.05, 0.1) is 27.5 Å². The Hall–Kier alpha value is -2.06. The van der Waals surface area contributed by atoms with E-state index in [-0.39, 0.29) is 5.02 Å². The van der Waals surface area contributed by atoms with Crippen molar-refractivity contribution in [3.8, 4) is 0 Å². The van der Waals surface area contributed by atoms with Crippen molar-refractivity contribution >= 4 is 67.9 Å². The van der Waals surface area contributed by atoms with Crippen molar-refractivity contribution in [1.82, 2.24) is 9.88 Å². The number of fused-ring (bicyclic) bond motifs is 1. The summed E-state index contributed by atoms with van der Waals surface area (Å²) in [6.07, 6.45) is 4.71. The molecule has 1 spiro atoms. The second-order valence-electron chi connectivity index (χ2n) is 9.88. The number of likely N-dealkylation sites (tertiary alicyclic amines) is 1. The van der Waals surface area contributed by atoms with Crippen molar-refractivity contribution in [3.63, 3.8) is 0 Å². The maximum absolute atomic E-state index is 15.1. The number of halogens is 3. The van der Waals surface area contributed by atoms with Gasteiger partial charge in [0.25, 0.3) is 0 Å². The predicted molar refractivity (Wildman–Crippen MR) is 136 cm³/mol. The molecule has 1 aromatic heterocycles. The molecule has 6 nitrogen and oxygen atoms in total. The van der Waals surface area contributed by atoms with Gasteiger partial charge in [-0.2, -0.15) is 0 Å². The third-order valence-electron chi connectivity index (χ3n) is 6.31. The van der Waals surface area contributed by atoms with Gasteiger partial charge in [0.2, 0.25) is 0 Å². The van der Waals surface area contributed by atoms with E-state index in [4.69, 9.17) is 16.3 Å². The van der Waals surface area contributed by atoms with Crippen LogP contribution >= 0.6 is 27.5 Å². The highest BCUT2D eigenvalue weighted by Gasteiger charge is 2.48. The molecule has 1 aromatic carbocycles. The number of benzene rings is 1. The van der Waals surface area contributed by atoms with Crippen LogP contribution in [-0.2, 0) is 4.74 Å². The number of carbonyl (C=O) groups excluding carboxylic acids is 1. The first-order valence-corrected chi connectivity index (χ1v) is 12.3. The van der Waals surface area contributed by atoms with Crippen LogP contribution in [0.15, 0.2) is 16.0 Å². The number of aromatic amines is 1. The molecule has 2 heterocycles. The summed E-state index contributed by atoms with van der Waals surface area (Å²) in [5, 5.41) is 0.479. The first-order chi connectivity index (χ1) is 15.5. The van der Waals surface area contributed by atoms with Gasteiger partial charge in [-0.05, 0) is 52.4 Å². The molecule has 0 bridgehead atoms. The SMILES string of the molecule is C/C=N\c1[nH]c2c(N(C)C(=O)OC(C)(C)C)cc(F)c(Cl)c2c1/C(=C/Br)N1CCC2(CC2)C1. The van der Waals surface area contributed by atoms with Crippen molar-refractivity contribution in [2.75, 3.05) is 25.0 Å². The van der Waals surface area contributed by atoms with Crippen molar-refractivity contribution in [2.45, 2.75) is 52.6 Å². The zero-order valence-electron chi connectivity index (χ0n) is 19.6. The number of hydrogen-bond donors (Lipinski definition) is 1. The number of hydrogen-bond acceptors (Lipinski definition) is 4. The summed E-state index contributed by atoms with van der Waals surface area (Å²) in [5.41, 5.74) is 2.17. The van der Waals surface area contributed by atoms with E-state index in [2.05, 4.69) is 30.8 Å². The van der Waals surface area contributed by atoms with Crippen LogP contribution in [0.5, 0.6) is 0 Å². The number of rotatable bonds is 4. The Morgan fingerprint density at radius 3 is 2.64 bits per heavy atom. The lowest BCUT2D eigenvalue weighted by molar-refractivity contribution is 0.0589. The summed E-state index contributed by atoms with van der Waals surface area (Å²) in [5.74, 6) is -0.0582. The maximum atomic E-state index is 15.1. The first-order valence-electron chi connectivity index (χ1n) is 11.0. The zero-order chi connectivity index (χ0) is 24.1. The van der Waals surface area contributed by atoms with Gasteiger partial charge in [0, 0.05) is 42.8 Å². The Kier molecular flexibility index (Phi) is 6.29. The Morgan fingerprint density at radius 1 is 1.39 bits per heavy atom. The van der Waals surface area contributed by atoms with E-state index in [0.717, 1.165) is 25.2 Å². The van der Waals surface area contributed by atoms with Crippen molar-refractivity contribution in [1.29, 1.82) is 0 Å². The number of nitrogens with one attached hydrogen (secondary N) is 1. The Labute approximate surface area is 206 Å². The Bertz CT molecular complexity index is 1160. The van der Waals surface area contributed by atoms with Crippen molar-refractivity contribution < 1.29 is 13.9 Å². The van der Waals surface area contributed by atoms with E-state index in [1.807, 2.05) is 11.9 Å². The monoisotopic (exact) mass is 538 g/mol. The van der Waals surface area contributed by atoms with Gasteiger partial charge in [-0.3, -0.25) is 4.90 Å². The molecule has 1 aliphatic carbocycles. The molecule has 1 saturated carbocycles. The van der Waals surface area contributed by atoms with Crippen LogP contribution in [0.1, 0.15) is 52.5 Å². The molecular formula is C24H29BrClFN4O2. The van der Waals surface area contributed by atoms with Crippen LogP contribution in [0.3, 0.4) is 0 Å². The second-order valence-corrected chi connectivity index (χ2v) is 10.7. The number of ether oxygens (including phenoxy) is 1. The minimum atomic E-state index is -0.686. The summed E-state index contributed by atoms with van der Waals surface area (Å²) >= 11 is 10.1. The Morgan fingerprint density at radius 2 is 2.09 bits per heavy atom. The topological polar surface area (TPSA) is 60.9 Å². The van der Waals surface area contributed by atoms with Gasteiger partial charge in [0.15, 0.2) is 0 Å². The average molecular weight is 540 g/mol. The average Bonchev–Trinajstić information content (AvgIpc) is 3.20. The van der Waals surface area contributed by atoms with Gasteiger partial charge in [0.1, 0.15) is 17.2 Å². The lowest BCUT2D eigenvalue weighted by Gasteiger charge is -2.25. The number of anilines is 1. The van der Waals surface area contributed by atoms with E-state index in [1.54, 1.807) is 34.0 Å². The first kappa shape index (κ1) is 24.1. The molecule has 178 valence electrons. The lowest BCUT2D eigenvalue weighted by Crippen LogP contribution is -2.34. The predicted octanol–water partition coefficient (Wildman–Crippen LogP) is 7.23. The van der Waals surface area contributed by atoms with Gasteiger partial charge in [-0.25, -0.2) is 14.2 Å². The molecule has 1 aliphatic heterocycles. The highest BCUT2D eigenvalue weighted by Crippen LogP contribution is 2.55. The molecule has 4 rings (SSSR count). The molecule has 2 fully saturated rings. The summed E-state index contributed by atoms with van der Waals surface area (Å²) < 4.78 is 20.6. The van der Waals surface area contributed by atoms with E-state index in [9.17, 15) is 4.79 Å². The minimum absolute atomic E-state index is 0.0117. The smallest absolute Gasteiger partial charge is 0.414 e. The molecule has 33 heavy (non-hydrogen) atoms. The third kappa shape index (κ3) is 4.52. The van der Waals surface area contributed by atoms with E-state index in [0.29, 0.717) is 33.4 Å². The second kappa shape index (κ2) is 8.62. The number of aliphatic imine (C=N–C) groups is 1. The fourth-order valence-electron chi connectivity index (χ4n) is 4.45. The highest BCUT2D eigenvalue weighted by molar-refractivity contribution is 9.11. The summed E-state index contributed by atoms with van der Waals surface area (Å²) in [6.45, 7) is 9.03. The molecule has 2 aromatic rings. The Balaban J connectivity index is 1.89. The summed E-state index contributed by atoms with van der Waals surface area (Å²) in [7, 11) is 1.55. The van der Waals surface area contributed by atoms with Crippen LogP contribution in [0.2, 0.25) is 5.02 Å². The van der Waals surface area contributed by atoms with Crippen molar-refractivity contribution in [2.24, 2.45) is 10.4 Å². The van der Waals surface area contributed by atoms with Crippen LogP contribution in [0, 0.1) is 11.2 Å². The van der Waals surface area contributed by atoms with Crippen LogP contribution in [-0.4, -0.2) is 47.9 Å². The van der Waals surface area contributed by atoms with Crippen LogP contribution in [0.25, 0.3) is 16.6 Å². The van der Waals surface area contributed by atoms with Crippen LogP contribution in [0.4, 0.5) is 20.7 Å². The maximum Gasteiger partial charge on any atom is 0.414 e. The number of carbonyl (C=O) groups is 1. The van der Waals surface area contributed by atoms with Gasteiger partial charge in [-0.1, -0.05) is 27.5 Å². The third-order valence-corrected chi connectivity index (χ3v) is 7.11. The summed E-state index contributed by atoms with van der Waals surface area (Å²) in [4.78, 5) is 26.0. The molecule has 1 amide bonds. The molecule has 1 N–H and O–H groups in total. The fourth-order valence-corrected chi connectivity index (χ4v) is 5.21. The molecule has 2 aliphatic rings. The molecular weight excluding hydrogens is 511 g/mol. The van der Waals surface area contributed by atoms with E-state index in [1.165, 1.54) is 23.8 Å². The molecule has 0 unspecified atom stereocenters. The van der Waals surface area contributed by atoms with Gasteiger partial charge in [-0.15, -0.1) is 0 Å². The molecule has 0 atom stereocenters. The molecule has 1 saturated heterocycles. The zero-order valence-corrected chi connectivity index (χ0v) is 21.9. The molecule has 9 heteroatoms.